The van der Waals surface area contributed by atoms with Crippen molar-refractivity contribution in [2.24, 2.45) is 5.10 Å². The number of hydrogen-bond donors (Lipinski definition) is 2. The molecule has 0 unspecified atom stereocenters. The number of benzene rings is 3. The monoisotopic (exact) mass is 578 g/mol. The maximum atomic E-state index is 13.5. The summed E-state index contributed by atoms with van der Waals surface area (Å²) in [6.07, 6.45) is 1.22. The number of hydrogen-bond acceptors (Lipinski definition) is 6. The molecule has 1 aromatic heterocycles. The predicted octanol–water partition coefficient (Wildman–Crippen LogP) is 5.03. The third kappa shape index (κ3) is 7.44. The van der Waals surface area contributed by atoms with E-state index in [2.05, 4.69) is 15.8 Å². The zero-order chi connectivity index (χ0) is 28.7. The van der Waals surface area contributed by atoms with Gasteiger partial charge in [-0.1, -0.05) is 59.6 Å². The number of rotatable bonds is 9. The van der Waals surface area contributed by atoms with E-state index in [4.69, 9.17) is 16.0 Å². The Labute approximate surface area is 237 Å². The Morgan fingerprint density at radius 2 is 1.60 bits per heavy atom. The van der Waals surface area contributed by atoms with Crippen molar-refractivity contribution in [3.05, 3.63) is 118 Å². The highest BCUT2D eigenvalue weighted by Gasteiger charge is 2.26. The van der Waals surface area contributed by atoms with Gasteiger partial charge in [-0.15, -0.1) is 0 Å². The quantitative estimate of drug-likeness (QED) is 0.164. The zero-order valence-corrected chi connectivity index (χ0v) is 23.4. The van der Waals surface area contributed by atoms with Crippen LogP contribution in [0.1, 0.15) is 28.2 Å². The van der Waals surface area contributed by atoms with E-state index < -0.39 is 21.8 Å². The Bertz CT molecular complexity index is 1630. The fourth-order valence-corrected chi connectivity index (χ4v) is 5.22. The molecule has 0 atom stereocenters. The molecule has 0 aliphatic heterocycles. The van der Waals surface area contributed by atoms with Gasteiger partial charge in [-0.2, -0.15) is 9.41 Å². The number of carbonyl (C=O) groups excluding carboxylic acids is 2. The predicted molar refractivity (Wildman–Crippen MR) is 153 cm³/mol. The highest BCUT2D eigenvalue weighted by atomic mass is 35.5. The lowest BCUT2D eigenvalue weighted by Crippen LogP contribution is -2.32. The van der Waals surface area contributed by atoms with Crippen LogP contribution in [-0.2, 0) is 32.7 Å². The molecule has 40 heavy (non-hydrogen) atoms. The minimum atomic E-state index is -3.90. The molecule has 9 nitrogen and oxygen atoms in total. The van der Waals surface area contributed by atoms with Crippen molar-refractivity contribution in [2.75, 3.05) is 5.32 Å². The Morgan fingerprint density at radius 3 is 2.30 bits per heavy atom. The maximum absolute atomic E-state index is 13.5. The standard InChI is InChI=1S/C29H27ClN4O5S/c1-20-7-9-22(10-8-20)18-34(40(37,38)26-15-11-23(30)12-16-26)19-25-14-13-24(39-25)17-31-33-29(36)28(35)32-27-6-4-3-5-21(27)2/h3-17H,18-19H2,1-2H3,(H,32,35)(H,33,36)/b31-17+. The number of amides is 2. The molecule has 0 aliphatic rings. The number of para-hydroxylation sites is 1. The smallest absolute Gasteiger partial charge is 0.329 e. The first kappa shape index (κ1) is 28.8. The first-order valence-electron chi connectivity index (χ1n) is 12.2. The van der Waals surface area contributed by atoms with Crippen LogP contribution in [0.5, 0.6) is 0 Å². The van der Waals surface area contributed by atoms with Gasteiger partial charge in [0.1, 0.15) is 11.5 Å². The van der Waals surface area contributed by atoms with Gasteiger partial charge in [0.05, 0.1) is 17.7 Å². The van der Waals surface area contributed by atoms with Gasteiger partial charge in [0, 0.05) is 17.3 Å². The number of halogens is 1. The average Bonchev–Trinajstić information content (AvgIpc) is 3.38. The molecule has 0 saturated heterocycles. The summed E-state index contributed by atoms with van der Waals surface area (Å²) in [5, 5.41) is 6.73. The van der Waals surface area contributed by atoms with Crippen LogP contribution in [-0.4, -0.2) is 30.8 Å². The van der Waals surface area contributed by atoms with Gasteiger partial charge in [-0.3, -0.25) is 9.59 Å². The molecule has 2 amide bonds. The molecule has 3 aromatic carbocycles. The normalized spacial score (nSPS) is 11.6. The van der Waals surface area contributed by atoms with Crippen molar-refractivity contribution < 1.29 is 22.4 Å². The van der Waals surface area contributed by atoms with Gasteiger partial charge in [0.15, 0.2) is 0 Å². The number of sulfonamides is 1. The molecule has 0 bridgehead atoms. The van der Waals surface area contributed by atoms with Gasteiger partial charge < -0.3 is 9.73 Å². The van der Waals surface area contributed by atoms with Crippen molar-refractivity contribution >= 4 is 45.3 Å². The van der Waals surface area contributed by atoms with Gasteiger partial charge >= 0.3 is 11.8 Å². The van der Waals surface area contributed by atoms with Crippen LogP contribution in [0.15, 0.2) is 99.3 Å². The molecule has 0 spiro atoms. The highest BCUT2D eigenvalue weighted by Crippen LogP contribution is 2.23. The summed E-state index contributed by atoms with van der Waals surface area (Å²) < 4.78 is 34.1. The van der Waals surface area contributed by atoms with Crippen molar-refractivity contribution in [3.63, 3.8) is 0 Å². The summed E-state index contributed by atoms with van der Waals surface area (Å²) in [5.41, 5.74) is 5.35. The molecule has 206 valence electrons. The van der Waals surface area contributed by atoms with Gasteiger partial charge in [0.2, 0.25) is 10.0 Å². The summed E-state index contributed by atoms with van der Waals surface area (Å²) in [5.74, 6) is -1.21. The summed E-state index contributed by atoms with van der Waals surface area (Å²) in [6.45, 7) is 3.82. The second kappa shape index (κ2) is 12.7. The second-order valence-electron chi connectivity index (χ2n) is 8.98. The average molecular weight is 579 g/mol. The first-order chi connectivity index (χ1) is 19.1. The van der Waals surface area contributed by atoms with Crippen molar-refractivity contribution in [3.8, 4) is 0 Å². The number of hydrazone groups is 1. The van der Waals surface area contributed by atoms with E-state index in [9.17, 15) is 18.0 Å². The molecular formula is C29H27ClN4O5S. The molecule has 2 N–H and O–H groups in total. The minimum absolute atomic E-state index is 0.0577. The number of nitrogens with zero attached hydrogens (tertiary/aromatic N) is 2. The number of anilines is 1. The fraction of sp³-hybridized carbons (Fsp3) is 0.138. The first-order valence-corrected chi connectivity index (χ1v) is 14.0. The third-order valence-corrected chi connectivity index (χ3v) is 7.96. The van der Waals surface area contributed by atoms with E-state index >= 15 is 0 Å². The summed E-state index contributed by atoms with van der Waals surface area (Å²) in [4.78, 5) is 24.4. The molecule has 1 heterocycles. The largest absolute Gasteiger partial charge is 0.459 e. The molecular weight excluding hydrogens is 552 g/mol. The summed E-state index contributed by atoms with van der Waals surface area (Å²) in [6, 6.07) is 23.8. The zero-order valence-electron chi connectivity index (χ0n) is 21.8. The highest BCUT2D eigenvalue weighted by molar-refractivity contribution is 7.89. The number of furan rings is 1. The van der Waals surface area contributed by atoms with Gasteiger partial charge in [0.25, 0.3) is 0 Å². The van der Waals surface area contributed by atoms with Crippen LogP contribution >= 0.6 is 11.6 Å². The Balaban J connectivity index is 1.45. The Kier molecular flexibility index (Phi) is 9.15. The minimum Gasteiger partial charge on any atom is -0.459 e. The second-order valence-corrected chi connectivity index (χ2v) is 11.4. The Morgan fingerprint density at radius 1 is 0.900 bits per heavy atom. The van der Waals surface area contributed by atoms with Crippen LogP contribution in [0, 0.1) is 13.8 Å². The van der Waals surface area contributed by atoms with Crippen LogP contribution < -0.4 is 10.7 Å². The molecule has 4 rings (SSSR count). The van der Waals surface area contributed by atoms with Gasteiger partial charge in [-0.25, -0.2) is 13.8 Å². The lowest BCUT2D eigenvalue weighted by molar-refractivity contribution is -0.136. The number of nitrogens with one attached hydrogen (secondary N) is 2. The lowest BCUT2D eigenvalue weighted by Gasteiger charge is -2.21. The molecule has 0 aliphatic carbocycles. The molecule has 0 radical (unpaired) electrons. The number of aryl methyl sites for hydroxylation is 2. The van der Waals surface area contributed by atoms with Crippen LogP contribution in [0.25, 0.3) is 0 Å². The van der Waals surface area contributed by atoms with Crippen molar-refractivity contribution in [2.45, 2.75) is 31.8 Å². The van der Waals surface area contributed by atoms with E-state index in [0.717, 1.165) is 16.7 Å². The van der Waals surface area contributed by atoms with Gasteiger partial charge in [-0.05, 0) is 67.4 Å². The Hall–Kier alpha value is -4.25. The topological polar surface area (TPSA) is 121 Å². The number of carbonyl (C=O) groups is 2. The van der Waals surface area contributed by atoms with E-state index in [-0.39, 0.29) is 23.7 Å². The van der Waals surface area contributed by atoms with Crippen molar-refractivity contribution in [1.82, 2.24) is 9.73 Å². The van der Waals surface area contributed by atoms with E-state index in [0.29, 0.717) is 16.5 Å². The maximum Gasteiger partial charge on any atom is 0.329 e. The summed E-state index contributed by atoms with van der Waals surface area (Å²) >= 11 is 5.96. The van der Waals surface area contributed by atoms with Crippen LogP contribution in [0.4, 0.5) is 5.69 Å². The van der Waals surface area contributed by atoms with E-state index in [1.165, 1.54) is 34.8 Å². The van der Waals surface area contributed by atoms with E-state index in [1.807, 2.05) is 50.2 Å². The molecule has 0 saturated carbocycles. The van der Waals surface area contributed by atoms with Crippen molar-refractivity contribution in [1.29, 1.82) is 0 Å². The SMILES string of the molecule is Cc1ccc(CN(Cc2ccc(/C=N/NC(=O)C(=O)Nc3ccccc3C)o2)S(=O)(=O)c2ccc(Cl)cc2)cc1. The third-order valence-electron chi connectivity index (χ3n) is 5.90. The fourth-order valence-electron chi connectivity index (χ4n) is 3.70. The van der Waals surface area contributed by atoms with Crippen LogP contribution in [0.3, 0.4) is 0 Å². The summed E-state index contributed by atoms with van der Waals surface area (Å²) in [7, 11) is -3.90. The van der Waals surface area contributed by atoms with E-state index in [1.54, 1.807) is 24.3 Å². The van der Waals surface area contributed by atoms with Crippen LogP contribution in [0.2, 0.25) is 5.02 Å². The molecule has 0 fully saturated rings. The lowest BCUT2D eigenvalue weighted by atomic mass is 10.1. The molecule has 11 heteroatoms. The molecule has 4 aromatic rings.